The van der Waals surface area contributed by atoms with Gasteiger partial charge in [-0.25, -0.2) is 14.2 Å². The van der Waals surface area contributed by atoms with Crippen molar-refractivity contribution in [3.8, 4) is 12.3 Å². The normalized spacial score (nSPS) is 18.1. The highest BCUT2D eigenvalue weighted by molar-refractivity contribution is 5.92. The van der Waals surface area contributed by atoms with Gasteiger partial charge in [0.1, 0.15) is 18.0 Å². The Kier molecular flexibility index (Phi) is 8.36. The molecule has 0 saturated carbocycles. The van der Waals surface area contributed by atoms with Crippen molar-refractivity contribution >= 4 is 34.3 Å². The van der Waals surface area contributed by atoms with Crippen LogP contribution in [0.3, 0.4) is 0 Å². The Morgan fingerprint density at radius 3 is 2.44 bits per heavy atom. The fraction of sp³-hybridized carbons (Fsp3) is 0.229. The smallest absolute Gasteiger partial charge is 0.333 e. The van der Waals surface area contributed by atoms with Gasteiger partial charge in [-0.1, -0.05) is 72.7 Å². The Morgan fingerprint density at radius 2 is 1.69 bits per heavy atom. The van der Waals surface area contributed by atoms with Crippen molar-refractivity contribution in [3.63, 3.8) is 0 Å². The molecular weight excluding hydrogens is 571 g/mol. The topological polar surface area (TPSA) is 102 Å². The third-order valence-corrected chi connectivity index (χ3v) is 8.36. The molecule has 2 heterocycles. The number of halogens is 1. The summed E-state index contributed by atoms with van der Waals surface area (Å²) in [6.07, 6.45) is 5.35. The largest absolute Gasteiger partial charge is 0.399 e. The van der Waals surface area contributed by atoms with E-state index in [1.54, 1.807) is 39.1 Å². The number of benzene rings is 4. The molecule has 0 aliphatic carbocycles. The summed E-state index contributed by atoms with van der Waals surface area (Å²) in [5.41, 5.74) is 9.05. The summed E-state index contributed by atoms with van der Waals surface area (Å²) in [4.78, 5) is 44.7. The van der Waals surface area contributed by atoms with Crippen LogP contribution in [0.2, 0.25) is 0 Å². The van der Waals surface area contributed by atoms with Crippen LogP contribution in [0.5, 0.6) is 0 Å². The maximum absolute atomic E-state index is 14.2. The van der Waals surface area contributed by atoms with Crippen molar-refractivity contribution in [2.75, 3.05) is 25.4 Å². The van der Waals surface area contributed by atoms with Crippen molar-refractivity contribution < 1.29 is 18.8 Å². The molecule has 9 nitrogen and oxygen atoms in total. The number of nitrogens with two attached hydrogens (primary N) is 1. The number of anilines is 1. The molecule has 0 bridgehead atoms. The first kappa shape index (κ1) is 29.7. The molecule has 2 atom stereocenters. The van der Waals surface area contributed by atoms with Gasteiger partial charge in [0.15, 0.2) is 0 Å². The van der Waals surface area contributed by atoms with E-state index in [0.717, 1.165) is 21.9 Å². The summed E-state index contributed by atoms with van der Waals surface area (Å²) in [7, 11) is 0. The number of urea groups is 1. The molecule has 4 aromatic rings. The van der Waals surface area contributed by atoms with Crippen LogP contribution in [0.15, 0.2) is 91.0 Å². The number of nitrogen functional groups attached to an aromatic ring is 1. The zero-order valence-electron chi connectivity index (χ0n) is 24.6. The minimum absolute atomic E-state index is 0.0905. The fourth-order valence-corrected chi connectivity index (χ4v) is 6.14. The number of carbonyl (C=O) groups excluding carboxylic acids is 3. The number of hydrazine groups is 1. The number of terminal acetylenes is 1. The monoisotopic (exact) mass is 604 g/mol. The fourth-order valence-electron chi connectivity index (χ4n) is 6.14. The van der Waals surface area contributed by atoms with Gasteiger partial charge in [-0.3, -0.25) is 9.59 Å². The van der Waals surface area contributed by atoms with Gasteiger partial charge in [-0.15, -0.1) is 6.42 Å². The van der Waals surface area contributed by atoms with Gasteiger partial charge in [0, 0.05) is 25.2 Å². The maximum Gasteiger partial charge on any atom is 0.333 e. The van der Waals surface area contributed by atoms with E-state index in [0.29, 0.717) is 17.8 Å². The Morgan fingerprint density at radius 1 is 0.978 bits per heavy atom. The lowest BCUT2D eigenvalue weighted by molar-refractivity contribution is -0.157. The van der Waals surface area contributed by atoms with Crippen LogP contribution >= 0.6 is 0 Å². The number of rotatable bonds is 8. The van der Waals surface area contributed by atoms with Crippen LogP contribution in [-0.4, -0.2) is 69.5 Å². The summed E-state index contributed by atoms with van der Waals surface area (Å²) >= 11 is 0. The third-order valence-electron chi connectivity index (χ3n) is 8.36. The predicted molar refractivity (Wildman–Crippen MR) is 169 cm³/mol. The van der Waals surface area contributed by atoms with E-state index in [9.17, 15) is 18.8 Å². The molecule has 3 N–H and O–H groups in total. The number of hydrogen-bond acceptors (Lipinski definition) is 5. The van der Waals surface area contributed by atoms with Crippen LogP contribution < -0.4 is 11.1 Å². The lowest BCUT2D eigenvalue weighted by atomic mass is 9.99. The number of nitrogens with one attached hydrogen (secondary N) is 1. The Bertz CT molecular complexity index is 1770. The predicted octanol–water partition coefficient (Wildman–Crippen LogP) is 3.74. The van der Waals surface area contributed by atoms with Gasteiger partial charge < -0.3 is 20.9 Å². The van der Waals surface area contributed by atoms with Crippen LogP contribution in [0.1, 0.15) is 16.7 Å². The van der Waals surface area contributed by atoms with E-state index in [1.165, 1.54) is 17.1 Å². The van der Waals surface area contributed by atoms with Crippen molar-refractivity contribution in [2.24, 2.45) is 0 Å². The number of hydrogen-bond donors (Lipinski definition) is 2. The van der Waals surface area contributed by atoms with Crippen molar-refractivity contribution in [1.82, 2.24) is 25.1 Å². The average Bonchev–Trinajstić information content (AvgIpc) is 3.37. The van der Waals surface area contributed by atoms with Crippen molar-refractivity contribution in [3.05, 3.63) is 114 Å². The molecular formula is C35H33FN6O3. The van der Waals surface area contributed by atoms with Crippen molar-refractivity contribution in [2.45, 2.75) is 31.7 Å². The number of amides is 4. The highest BCUT2D eigenvalue weighted by Gasteiger charge is 2.52. The molecule has 0 spiro atoms. The quantitative estimate of drug-likeness (QED) is 0.236. The Balaban J connectivity index is 1.31. The Labute approximate surface area is 261 Å². The molecule has 228 valence electrons. The molecule has 2 fully saturated rings. The highest BCUT2D eigenvalue weighted by Crippen LogP contribution is 2.31. The zero-order chi connectivity index (χ0) is 31.5. The Hall–Kier alpha value is -5.40. The van der Waals surface area contributed by atoms with Gasteiger partial charge in [-0.05, 0) is 51.7 Å². The lowest BCUT2D eigenvalue weighted by Crippen LogP contribution is -2.66. The molecule has 0 unspecified atom stereocenters. The zero-order valence-corrected chi connectivity index (χ0v) is 24.6. The SMILES string of the molecule is C#CCN(C(=O)NCc1ccc(F)cc1)N1CC(=O)N2[C@@H](Cc3ccc(N)cc3)C(=O)N(Cc3cccc4ccccc34)C[C@@H]21. The molecule has 45 heavy (non-hydrogen) atoms. The second kappa shape index (κ2) is 12.7. The average molecular weight is 605 g/mol. The summed E-state index contributed by atoms with van der Waals surface area (Å²) in [5, 5.41) is 7.94. The molecule has 0 radical (unpaired) electrons. The summed E-state index contributed by atoms with van der Waals surface area (Å²) in [6, 6.07) is 25.8. The van der Waals surface area contributed by atoms with Crippen LogP contribution in [0.4, 0.5) is 14.9 Å². The molecule has 4 amide bonds. The number of nitrogens with zero attached hydrogens (tertiary/aromatic N) is 4. The van der Waals surface area contributed by atoms with E-state index in [4.69, 9.17) is 12.2 Å². The van der Waals surface area contributed by atoms with E-state index >= 15 is 0 Å². The number of piperazine rings is 1. The minimum atomic E-state index is -0.796. The van der Waals surface area contributed by atoms with Gasteiger partial charge in [0.05, 0.1) is 19.6 Å². The number of fused-ring (bicyclic) bond motifs is 2. The first-order valence-corrected chi connectivity index (χ1v) is 14.7. The minimum Gasteiger partial charge on any atom is -0.399 e. The molecule has 0 aromatic heterocycles. The van der Waals surface area contributed by atoms with Gasteiger partial charge in [-0.2, -0.15) is 5.01 Å². The summed E-state index contributed by atoms with van der Waals surface area (Å²) < 4.78 is 13.4. The van der Waals surface area contributed by atoms with E-state index in [-0.39, 0.29) is 50.2 Å². The van der Waals surface area contributed by atoms with Gasteiger partial charge >= 0.3 is 6.03 Å². The van der Waals surface area contributed by atoms with Crippen LogP contribution in [0, 0.1) is 18.2 Å². The van der Waals surface area contributed by atoms with E-state index in [2.05, 4.69) is 11.2 Å². The molecule has 2 aliphatic heterocycles. The standard InChI is InChI=1S/C35H33FN6O3/c1-2-18-40(35(45)38-20-25-10-14-28(36)15-11-25)41-23-33(43)42-31(19-24-12-16-29(37)17-13-24)34(44)39(22-32(41)42)21-27-8-5-7-26-6-3-4-9-30(26)27/h1,3-17,31-32H,18-23,37H2,(H,38,45)/t31-,32+/m0/s1. The molecule has 2 saturated heterocycles. The molecule has 2 aliphatic rings. The van der Waals surface area contributed by atoms with Gasteiger partial charge in [0.25, 0.3) is 0 Å². The third kappa shape index (κ3) is 6.16. The molecule has 6 rings (SSSR count). The first-order chi connectivity index (χ1) is 21.8. The molecule has 4 aromatic carbocycles. The van der Waals surface area contributed by atoms with E-state index in [1.807, 2.05) is 54.6 Å². The van der Waals surface area contributed by atoms with Gasteiger partial charge in [0.2, 0.25) is 11.8 Å². The first-order valence-electron chi connectivity index (χ1n) is 14.7. The number of carbonyl (C=O) groups is 3. The maximum atomic E-state index is 14.2. The van der Waals surface area contributed by atoms with Crippen LogP contribution in [0.25, 0.3) is 10.8 Å². The lowest BCUT2D eigenvalue weighted by Gasteiger charge is -2.46. The highest BCUT2D eigenvalue weighted by atomic mass is 19.1. The van der Waals surface area contributed by atoms with Crippen LogP contribution in [-0.2, 0) is 29.1 Å². The van der Waals surface area contributed by atoms with Crippen molar-refractivity contribution in [1.29, 1.82) is 0 Å². The second-order valence-corrected chi connectivity index (χ2v) is 11.2. The summed E-state index contributed by atoms with van der Waals surface area (Å²) in [6.45, 7) is 0.438. The summed E-state index contributed by atoms with van der Waals surface area (Å²) in [5.74, 6) is 1.72. The second-order valence-electron chi connectivity index (χ2n) is 11.2. The van der Waals surface area contributed by atoms with E-state index < -0.39 is 18.2 Å². The molecule has 10 heteroatoms.